The molecule has 2 N–H and O–H groups in total. The third kappa shape index (κ3) is 2.22. The van der Waals surface area contributed by atoms with E-state index in [1.807, 2.05) is 6.07 Å². The Labute approximate surface area is 133 Å². The van der Waals surface area contributed by atoms with Gasteiger partial charge in [0.05, 0.1) is 31.3 Å². The van der Waals surface area contributed by atoms with E-state index in [9.17, 15) is 0 Å². The summed E-state index contributed by atoms with van der Waals surface area (Å²) in [4.78, 5) is 0. The highest BCUT2D eigenvalue weighted by Crippen LogP contribution is 2.46. The summed E-state index contributed by atoms with van der Waals surface area (Å²) < 4.78 is 1.18. The lowest BCUT2D eigenvalue weighted by atomic mass is 10.3. The molecule has 0 atom stereocenters. The van der Waals surface area contributed by atoms with Crippen LogP contribution in [0.5, 0.6) is 0 Å². The van der Waals surface area contributed by atoms with Gasteiger partial charge in [0, 0.05) is 0 Å². The van der Waals surface area contributed by atoms with Crippen LogP contribution in [0, 0.1) is 11.3 Å². The number of hydrogen-bond acceptors (Lipinski definition) is 3. The second-order valence-electron chi connectivity index (χ2n) is 3.39. The molecule has 0 fully saturated rings. The Hall–Kier alpha value is -0.830. The number of nitrogens with zero attached hydrogens (tertiary/aromatic N) is 3. The van der Waals surface area contributed by atoms with Crippen LogP contribution in [0.3, 0.4) is 0 Å². The van der Waals surface area contributed by atoms with Crippen molar-refractivity contribution in [3.05, 3.63) is 36.9 Å². The van der Waals surface area contributed by atoms with Crippen LogP contribution in [0.2, 0.25) is 25.1 Å². The van der Waals surface area contributed by atoms with Crippen LogP contribution < -0.4 is 5.73 Å². The Morgan fingerprint density at radius 1 is 1.00 bits per heavy atom. The molecule has 2 rings (SSSR count). The van der Waals surface area contributed by atoms with Crippen LogP contribution >= 0.6 is 58.0 Å². The third-order valence-electron chi connectivity index (χ3n) is 2.33. The van der Waals surface area contributed by atoms with Gasteiger partial charge in [-0.3, -0.25) is 0 Å². The Bertz CT molecular complexity index is 687. The highest BCUT2D eigenvalue weighted by atomic mass is 35.5. The zero-order valence-corrected chi connectivity index (χ0v) is 12.7. The van der Waals surface area contributed by atoms with Gasteiger partial charge in [-0.15, -0.1) is 0 Å². The predicted molar refractivity (Wildman–Crippen MR) is 77.7 cm³/mol. The molecule has 0 aliphatic rings. The number of nitrogens with two attached hydrogens (primary N) is 1. The lowest BCUT2D eigenvalue weighted by Crippen LogP contribution is -2.05. The smallest absolute Gasteiger partial charge is 0.145 e. The van der Waals surface area contributed by atoms with Crippen molar-refractivity contribution in [2.45, 2.75) is 0 Å². The van der Waals surface area contributed by atoms with Crippen LogP contribution in [0.25, 0.3) is 5.69 Å². The minimum atomic E-state index is 0.0288. The SMILES string of the molecule is N#Cc1cnn(-c2c(Cl)c(Cl)c(Cl)c(Cl)c2Cl)c1N. The summed E-state index contributed by atoms with van der Waals surface area (Å²) in [6.07, 6.45) is 1.28. The van der Waals surface area contributed by atoms with Crippen molar-refractivity contribution in [1.29, 1.82) is 5.26 Å². The van der Waals surface area contributed by atoms with Gasteiger partial charge in [0.25, 0.3) is 0 Å². The van der Waals surface area contributed by atoms with E-state index >= 15 is 0 Å². The quantitative estimate of drug-likeness (QED) is 0.600. The fourth-order valence-electron chi connectivity index (χ4n) is 1.40. The summed E-state index contributed by atoms with van der Waals surface area (Å²) in [6, 6.07) is 1.88. The van der Waals surface area contributed by atoms with Crippen molar-refractivity contribution >= 4 is 63.8 Å². The maximum absolute atomic E-state index is 8.85. The van der Waals surface area contributed by atoms with Gasteiger partial charge in [0.2, 0.25) is 0 Å². The lowest BCUT2D eigenvalue weighted by Gasteiger charge is -2.13. The van der Waals surface area contributed by atoms with Crippen molar-refractivity contribution in [3.63, 3.8) is 0 Å². The van der Waals surface area contributed by atoms with Gasteiger partial charge in [-0.05, 0) is 0 Å². The maximum atomic E-state index is 8.85. The highest BCUT2D eigenvalue weighted by Gasteiger charge is 2.23. The molecule has 0 amide bonds. The van der Waals surface area contributed by atoms with Crippen LogP contribution in [-0.2, 0) is 0 Å². The summed E-state index contributed by atoms with van der Waals surface area (Å²) in [5, 5.41) is 13.0. The standard InChI is InChI=1S/C10H3Cl5N4/c11-4-5(12)7(14)9(8(15)6(4)13)19-10(17)3(1-16)2-18-19/h2H,17H2. The second-order valence-corrected chi connectivity index (χ2v) is 5.28. The monoisotopic (exact) mass is 354 g/mol. The van der Waals surface area contributed by atoms with Gasteiger partial charge < -0.3 is 5.73 Å². The minimum absolute atomic E-state index is 0.0288. The zero-order valence-electron chi connectivity index (χ0n) is 8.89. The molecule has 0 aliphatic heterocycles. The molecule has 2 aromatic rings. The molecule has 0 aliphatic carbocycles. The molecule has 98 valence electrons. The van der Waals surface area contributed by atoms with E-state index in [-0.39, 0.29) is 42.2 Å². The first-order chi connectivity index (χ1) is 8.90. The normalized spacial score (nSPS) is 10.5. The van der Waals surface area contributed by atoms with Crippen molar-refractivity contribution in [1.82, 2.24) is 9.78 Å². The number of benzene rings is 1. The first-order valence-electron chi connectivity index (χ1n) is 4.65. The van der Waals surface area contributed by atoms with E-state index < -0.39 is 0 Å². The number of hydrogen-bond donors (Lipinski definition) is 1. The molecule has 0 unspecified atom stereocenters. The Kier molecular flexibility index (Phi) is 4.05. The van der Waals surface area contributed by atoms with Gasteiger partial charge in [-0.25, -0.2) is 4.68 Å². The number of nitrogen functional groups attached to an aromatic ring is 1. The van der Waals surface area contributed by atoms with E-state index in [0.29, 0.717) is 0 Å². The summed E-state index contributed by atoms with van der Waals surface area (Å²) in [5.41, 5.74) is 6.11. The fourth-order valence-corrected chi connectivity index (χ4v) is 2.69. The van der Waals surface area contributed by atoms with Gasteiger partial charge in [-0.2, -0.15) is 10.4 Å². The van der Waals surface area contributed by atoms with Crippen LogP contribution in [0.15, 0.2) is 6.20 Å². The molecule has 1 aromatic carbocycles. The molecule has 0 saturated carbocycles. The zero-order chi connectivity index (χ0) is 14.3. The molecule has 0 bridgehead atoms. The molecule has 0 radical (unpaired) electrons. The molecule has 9 heteroatoms. The minimum Gasteiger partial charge on any atom is -0.382 e. The summed E-state index contributed by atoms with van der Waals surface area (Å²) in [5.74, 6) is 0.0701. The van der Waals surface area contributed by atoms with Gasteiger partial charge >= 0.3 is 0 Å². The Morgan fingerprint density at radius 3 is 1.89 bits per heavy atom. The Morgan fingerprint density at radius 2 is 1.47 bits per heavy atom. The van der Waals surface area contributed by atoms with Crippen molar-refractivity contribution < 1.29 is 0 Å². The van der Waals surface area contributed by atoms with E-state index in [0.717, 1.165) is 0 Å². The van der Waals surface area contributed by atoms with Crippen LogP contribution in [-0.4, -0.2) is 9.78 Å². The molecular formula is C10H3Cl5N4. The van der Waals surface area contributed by atoms with E-state index in [2.05, 4.69) is 5.10 Å². The first-order valence-corrected chi connectivity index (χ1v) is 6.54. The first kappa shape index (κ1) is 14.6. The molecular weight excluding hydrogens is 353 g/mol. The van der Waals surface area contributed by atoms with Gasteiger partial charge in [0.1, 0.15) is 23.1 Å². The number of halogens is 5. The van der Waals surface area contributed by atoms with E-state index in [4.69, 9.17) is 69.0 Å². The fraction of sp³-hybridized carbons (Fsp3) is 0. The average Bonchev–Trinajstić information content (AvgIpc) is 2.76. The molecule has 1 heterocycles. The molecule has 0 spiro atoms. The van der Waals surface area contributed by atoms with Gasteiger partial charge in [-0.1, -0.05) is 58.0 Å². The number of rotatable bonds is 1. The third-order valence-corrected chi connectivity index (χ3v) is 4.58. The predicted octanol–water partition coefficient (Wildman–Crippen LogP) is 4.59. The van der Waals surface area contributed by atoms with E-state index in [1.165, 1.54) is 10.9 Å². The highest BCUT2D eigenvalue weighted by molar-refractivity contribution is 6.56. The average molecular weight is 356 g/mol. The maximum Gasteiger partial charge on any atom is 0.145 e. The van der Waals surface area contributed by atoms with Crippen molar-refractivity contribution in [2.75, 3.05) is 5.73 Å². The second kappa shape index (κ2) is 5.28. The van der Waals surface area contributed by atoms with Crippen molar-refractivity contribution in [3.8, 4) is 11.8 Å². The van der Waals surface area contributed by atoms with Gasteiger partial charge in [0.15, 0.2) is 0 Å². The number of nitriles is 1. The topological polar surface area (TPSA) is 67.6 Å². The summed E-state index contributed by atoms with van der Waals surface area (Å²) >= 11 is 29.9. The summed E-state index contributed by atoms with van der Waals surface area (Å²) in [7, 11) is 0. The van der Waals surface area contributed by atoms with Crippen LogP contribution in [0.1, 0.15) is 5.56 Å². The lowest BCUT2D eigenvalue weighted by molar-refractivity contribution is 0.892. The molecule has 0 saturated heterocycles. The van der Waals surface area contributed by atoms with Crippen molar-refractivity contribution in [2.24, 2.45) is 0 Å². The molecule has 19 heavy (non-hydrogen) atoms. The number of aromatic nitrogens is 2. The summed E-state index contributed by atoms with van der Waals surface area (Å²) in [6.45, 7) is 0. The van der Waals surface area contributed by atoms with E-state index in [1.54, 1.807) is 0 Å². The molecule has 1 aromatic heterocycles. The Balaban J connectivity index is 2.84. The van der Waals surface area contributed by atoms with Crippen LogP contribution in [0.4, 0.5) is 5.82 Å². The largest absolute Gasteiger partial charge is 0.382 e. The molecule has 4 nitrogen and oxygen atoms in total. The number of anilines is 1.